The third-order valence-electron chi connectivity index (χ3n) is 15.0. The summed E-state index contributed by atoms with van der Waals surface area (Å²) in [5, 5.41) is 0. The third kappa shape index (κ3) is 64.9. The molecule has 2 unspecified atom stereocenters. The predicted molar refractivity (Wildman–Crippen MR) is 342 cm³/mol. The summed E-state index contributed by atoms with van der Waals surface area (Å²) in [4.78, 5) is 37.9. The van der Waals surface area contributed by atoms with Gasteiger partial charge in [-0.15, -0.1) is 0 Å². The first-order valence-electron chi connectivity index (χ1n) is 34.0. The average Bonchev–Trinajstić information content (AvgIpc) is 3.42. The molecule has 0 saturated carbocycles. The van der Waals surface area contributed by atoms with E-state index in [0.29, 0.717) is 17.4 Å². The zero-order valence-corrected chi connectivity index (χ0v) is 54.2. The molecule has 0 aromatic carbocycles. The van der Waals surface area contributed by atoms with Crippen LogP contribution in [0.25, 0.3) is 0 Å². The molecule has 80 heavy (non-hydrogen) atoms. The zero-order chi connectivity index (χ0) is 58.4. The molecule has 0 radical (unpaired) electrons. The molecule has 0 saturated heterocycles. The zero-order valence-electron chi connectivity index (χ0n) is 53.3. The van der Waals surface area contributed by atoms with Crippen LogP contribution in [0, 0.1) is 0 Å². The highest BCUT2D eigenvalue weighted by molar-refractivity contribution is 7.45. The van der Waals surface area contributed by atoms with E-state index in [2.05, 4.69) is 74.6 Å². The van der Waals surface area contributed by atoms with Crippen molar-refractivity contribution in [2.45, 2.75) is 328 Å². The summed E-state index contributed by atoms with van der Waals surface area (Å²) in [5.41, 5.74) is 0. The van der Waals surface area contributed by atoms with Gasteiger partial charge in [0, 0.05) is 12.8 Å². The summed E-state index contributed by atoms with van der Waals surface area (Å²) >= 11 is 0. The van der Waals surface area contributed by atoms with E-state index in [1.807, 2.05) is 21.1 Å². The summed E-state index contributed by atoms with van der Waals surface area (Å²) in [6.07, 6.45) is 80.5. The fourth-order valence-corrected chi connectivity index (χ4v) is 10.6. The summed E-state index contributed by atoms with van der Waals surface area (Å²) in [5.74, 6) is -0.851. The molecule has 2 atom stereocenters. The van der Waals surface area contributed by atoms with Gasteiger partial charge in [-0.3, -0.25) is 14.2 Å². The van der Waals surface area contributed by atoms with Crippen LogP contribution in [0.1, 0.15) is 322 Å². The van der Waals surface area contributed by atoms with E-state index in [4.69, 9.17) is 18.5 Å². The van der Waals surface area contributed by atoms with Gasteiger partial charge in [0.1, 0.15) is 19.8 Å². The topological polar surface area (TPSA) is 111 Å². The molecule has 0 bridgehead atoms. The minimum absolute atomic E-state index is 0.0366. The van der Waals surface area contributed by atoms with Crippen molar-refractivity contribution < 1.29 is 42.1 Å². The number of phosphoric acid groups is 1. The number of hydrogen-bond donors (Lipinski definition) is 0. The number of rotatable bonds is 63. The van der Waals surface area contributed by atoms with Crippen molar-refractivity contribution in [1.82, 2.24) is 0 Å². The molecular weight excluding hydrogens is 1010 g/mol. The molecule has 0 aliphatic carbocycles. The Labute approximate surface area is 496 Å². The quantitative estimate of drug-likeness (QED) is 0.0195. The first kappa shape index (κ1) is 77.7. The number of ether oxygens (including phenoxy) is 2. The Kier molecular flexibility index (Phi) is 59.5. The van der Waals surface area contributed by atoms with E-state index >= 15 is 0 Å². The minimum atomic E-state index is -4.65. The van der Waals surface area contributed by atoms with Crippen molar-refractivity contribution in [2.24, 2.45) is 0 Å². The van der Waals surface area contributed by atoms with Crippen LogP contribution in [-0.2, 0) is 32.7 Å². The standard InChI is InChI=1S/C70H130NO8P/c1-6-8-10-12-14-16-18-20-22-24-25-26-27-28-29-30-31-32-33-34-35-36-37-38-39-40-41-42-43-44-45-47-48-50-52-54-56-58-60-62-69(72)76-66-68(67-78-80(74,75)77-65-64-71(3,4)5)79-70(73)63-61-59-57-55-53-51-49-46-23-21-19-17-15-13-11-9-7-2/h9,11,15,17,21,23-25,49,51,68H,6-8,10,12-14,16,18-20,22,26-48,50,52-67H2,1-5H3/b11-9-,17-15-,23-21-,25-24-,51-49-. The molecule has 0 N–H and O–H groups in total. The molecule has 9 nitrogen and oxygen atoms in total. The van der Waals surface area contributed by atoms with Crippen LogP contribution in [0.2, 0.25) is 0 Å². The minimum Gasteiger partial charge on any atom is -0.756 e. The largest absolute Gasteiger partial charge is 0.756 e. The molecule has 0 aromatic heterocycles. The Balaban J connectivity index is 3.89. The molecule has 468 valence electrons. The molecule has 0 heterocycles. The number of likely N-dealkylation sites (N-methyl/N-ethyl adjacent to an activating group) is 1. The van der Waals surface area contributed by atoms with Gasteiger partial charge >= 0.3 is 11.9 Å². The van der Waals surface area contributed by atoms with Gasteiger partial charge in [0.2, 0.25) is 0 Å². The van der Waals surface area contributed by atoms with E-state index in [0.717, 1.165) is 70.6 Å². The first-order valence-corrected chi connectivity index (χ1v) is 35.5. The lowest BCUT2D eigenvalue weighted by atomic mass is 10.0. The van der Waals surface area contributed by atoms with Gasteiger partial charge in [0.15, 0.2) is 6.10 Å². The fourth-order valence-electron chi connectivity index (χ4n) is 9.82. The van der Waals surface area contributed by atoms with E-state index in [1.54, 1.807) is 0 Å². The van der Waals surface area contributed by atoms with E-state index in [-0.39, 0.29) is 32.0 Å². The van der Waals surface area contributed by atoms with Crippen molar-refractivity contribution in [3.63, 3.8) is 0 Å². The number of nitrogens with zero attached hydrogens (tertiary/aromatic N) is 1. The second-order valence-corrected chi connectivity index (χ2v) is 25.6. The number of phosphoric ester groups is 1. The van der Waals surface area contributed by atoms with Crippen molar-refractivity contribution >= 4 is 19.8 Å². The Morgan fingerprint density at radius 2 is 0.713 bits per heavy atom. The SMILES string of the molecule is CC/C=C\C/C=C\C/C=C\C/C=C\CCCCCCC(=O)OC(COC(=O)CCCCCCCCCCCCCCCCCCCCCCCCCCCCC/C=C\CCCCCCCCCC)COP(=O)([O-])OCC[N+](C)(C)C. The fraction of sp³-hybridized carbons (Fsp3) is 0.829. The molecule has 0 spiro atoms. The van der Waals surface area contributed by atoms with Crippen LogP contribution in [0.5, 0.6) is 0 Å². The van der Waals surface area contributed by atoms with E-state index in [9.17, 15) is 19.0 Å². The van der Waals surface area contributed by atoms with Crippen LogP contribution in [0.4, 0.5) is 0 Å². The van der Waals surface area contributed by atoms with Gasteiger partial charge in [-0.05, 0) is 77.0 Å². The third-order valence-corrected chi connectivity index (χ3v) is 16.0. The van der Waals surface area contributed by atoms with Crippen molar-refractivity contribution in [3.8, 4) is 0 Å². The lowest BCUT2D eigenvalue weighted by Gasteiger charge is -2.28. The van der Waals surface area contributed by atoms with E-state index < -0.39 is 26.5 Å². The molecule has 0 rings (SSSR count). The van der Waals surface area contributed by atoms with Gasteiger partial charge < -0.3 is 27.9 Å². The average molecular weight is 1140 g/mol. The highest BCUT2D eigenvalue weighted by Crippen LogP contribution is 2.38. The maximum absolute atomic E-state index is 12.8. The molecule has 10 heteroatoms. The van der Waals surface area contributed by atoms with Crippen molar-refractivity contribution in [1.29, 1.82) is 0 Å². The number of carbonyl (C=O) groups excluding carboxylic acids is 2. The lowest BCUT2D eigenvalue weighted by Crippen LogP contribution is -2.37. The van der Waals surface area contributed by atoms with Gasteiger partial charge in [0.05, 0.1) is 27.7 Å². The van der Waals surface area contributed by atoms with Crippen LogP contribution < -0.4 is 4.89 Å². The smallest absolute Gasteiger partial charge is 0.306 e. The number of carbonyl (C=O) groups is 2. The second-order valence-electron chi connectivity index (χ2n) is 24.2. The summed E-state index contributed by atoms with van der Waals surface area (Å²) in [7, 11) is 1.15. The Bertz CT molecular complexity index is 1530. The number of hydrogen-bond acceptors (Lipinski definition) is 8. The number of esters is 2. The summed E-state index contributed by atoms with van der Waals surface area (Å²) < 4.78 is 34.2. The maximum atomic E-state index is 12.8. The van der Waals surface area contributed by atoms with Crippen molar-refractivity contribution in [3.05, 3.63) is 60.8 Å². The highest BCUT2D eigenvalue weighted by Gasteiger charge is 2.22. The highest BCUT2D eigenvalue weighted by atomic mass is 31.2. The van der Waals surface area contributed by atoms with Crippen LogP contribution >= 0.6 is 7.82 Å². The Morgan fingerprint density at radius 1 is 0.400 bits per heavy atom. The monoisotopic (exact) mass is 1140 g/mol. The molecule has 0 aliphatic heterocycles. The molecule has 0 fully saturated rings. The summed E-state index contributed by atoms with van der Waals surface area (Å²) in [6.45, 7) is 4.13. The number of allylic oxidation sites excluding steroid dienone is 10. The van der Waals surface area contributed by atoms with Gasteiger partial charge in [-0.25, -0.2) is 0 Å². The second kappa shape index (κ2) is 61.3. The van der Waals surface area contributed by atoms with Crippen LogP contribution in [0.3, 0.4) is 0 Å². The van der Waals surface area contributed by atoms with Crippen LogP contribution in [0.15, 0.2) is 60.8 Å². The van der Waals surface area contributed by atoms with Gasteiger partial charge in [-0.1, -0.05) is 293 Å². The Hall–Kier alpha value is -2.29. The first-order chi connectivity index (χ1) is 39.0. The molecular formula is C70H130NO8P. The van der Waals surface area contributed by atoms with Crippen molar-refractivity contribution in [2.75, 3.05) is 47.5 Å². The molecule has 0 aromatic rings. The molecule has 0 aliphatic rings. The van der Waals surface area contributed by atoms with Gasteiger partial charge in [-0.2, -0.15) is 0 Å². The van der Waals surface area contributed by atoms with E-state index in [1.165, 1.54) is 218 Å². The number of quaternary nitrogens is 1. The lowest BCUT2D eigenvalue weighted by molar-refractivity contribution is -0.870. The van der Waals surface area contributed by atoms with Gasteiger partial charge in [0.25, 0.3) is 7.82 Å². The summed E-state index contributed by atoms with van der Waals surface area (Å²) in [6, 6.07) is 0. The molecule has 0 amide bonds. The predicted octanol–water partition coefficient (Wildman–Crippen LogP) is 21.2. The Morgan fingerprint density at radius 3 is 1.07 bits per heavy atom. The maximum Gasteiger partial charge on any atom is 0.306 e. The number of unbranched alkanes of at least 4 members (excludes halogenated alkanes) is 39. The van der Waals surface area contributed by atoms with Crippen LogP contribution in [-0.4, -0.2) is 70.0 Å². The normalized spacial score (nSPS) is 13.5.